The SMILES string of the molecule is CN=CN=C(c1ccccc1)N(C)Cc1ccccc1-c1nc(-c2ccccc2)nc(-c2ccccc2)n1. The van der Waals surface area contributed by atoms with Crippen molar-refractivity contribution in [3.05, 3.63) is 126 Å². The van der Waals surface area contributed by atoms with E-state index in [-0.39, 0.29) is 0 Å². The summed E-state index contributed by atoms with van der Waals surface area (Å²) in [6.45, 7) is 0.606. The van der Waals surface area contributed by atoms with Crippen LogP contribution in [0.4, 0.5) is 0 Å². The van der Waals surface area contributed by atoms with Gasteiger partial charge in [0.1, 0.15) is 12.2 Å². The molecule has 5 aromatic rings. The summed E-state index contributed by atoms with van der Waals surface area (Å²) in [4.78, 5) is 25.5. The molecule has 0 spiro atoms. The predicted molar refractivity (Wildman–Crippen MR) is 155 cm³/mol. The number of benzene rings is 4. The van der Waals surface area contributed by atoms with Crippen LogP contribution in [0.2, 0.25) is 0 Å². The molecule has 0 amide bonds. The van der Waals surface area contributed by atoms with Crippen LogP contribution in [0.3, 0.4) is 0 Å². The van der Waals surface area contributed by atoms with Gasteiger partial charge < -0.3 is 4.90 Å². The molecule has 0 bridgehead atoms. The van der Waals surface area contributed by atoms with E-state index in [0.29, 0.717) is 24.0 Å². The summed E-state index contributed by atoms with van der Waals surface area (Å²) in [7, 11) is 3.75. The van der Waals surface area contributed by atoms with Crippen molar-refractivity contribution in [2.45, 2.75) is 6.54 Å². The van der Waals surface area contributed by atoms with Crippen LogP contribution in [0.1, 0.15) is 11.1 Å². The molecule has 0 aliphatic heterocycles. The lowest BCUT2D eigenvalue weighted by atomic mass is 10.1. The Labute approximate surface area is 223 Å². The molecule has 1 heterocycles. The lowest BCUT2D eigenvalue weighted by Crippen LogP contribution is -2.27. The maximum Gasteiger partial charge on any atom is 0.164 e. The normalized spacial score (nSPS) is 11.6. The third-order valence-electron chi connectivity index (χ3n) is 6.05. The van der Waals surface area contributed by atoms with E-state index < -0.39 is 0 Å². The van der Waals surface area contributed by atoms with Crippen LogP contribution >= 0.6 is 0 Å². The average Bonchev–Trinajstić information content (AvgIpc) is 2.99. The van der Waals surface area contributed by atoms with E-state index in [4.69, 9.17) is 15.0 Å². The van der Waals surface area contributed by atoms with E-state index in [1.165, 1.54) is 0 Å². The highest BCUT2D eigenvalue weighted by Gasteiger charge is 2.17. The first kappa shape index (κ1) is 24.7. The van der Waals surface area contributed by atoms with Crippen molar-refractivity contribution in [1.29, 1.82) is 0 Å². The topological polar surface area (TPSA) is 66.6 Å². The van der Waals surface area contributed by atoms with Crippen LogP contribution in [-0.2, 0) is 6.54 Å². The highest BCUT2D eigenvalue weighted by atomic mass is 15.2. The number of nitrogens with zero attached hydrogens (tertiary/aromatic N) is 6. The van der Waals surface area contributed by atoms with E-state index in [0.717, 1.165) is 33.7 Å². The van der Waals surface area contributed by atoms with Crippen LogP contribution < -0.4 is 0 Å². The predicted octanol–water partition coefficient (Wildman–Crippen LogP) is 6.41. The van der Waals surface area contributed by atoms with Gasteiger partial charge in [-0.05, 0) is 5.56 Å². The molecule has 4 aromatic carbocycles. The summed E-state index contributed by atoms with van der Waals surface area (Å²) in [5.41, 5.74) is 4.94. The minimum atomic E-state index is 0.606. The van der Waals surface area contributed by atoms with Gasteiger partial charge in [0.2, 0.25) is 0 Å². The second kappa shape index (κ2) is 11.8. The highest BCUT2D eigenvalue weighted by molar-refractivity contribution is 6.02. The van der Waals surface area contributed by atoms with E-state index in [9.17, 15) is 0 Å². The number of hydrogen-bond acceptors (Lipinski definition) is 4. The van der Waals surface area contributed by atoms with Crippen LogP contribution in [0.25, 0.3) is 34.2 Å². The summed E-state index contributed by atoms with van der Waals surface area (Å²) in [6, 6.07) is 38.4. The van der Waals surface area contributed by atoms with Gasteiger partial charge in [-0.2, -0.15) is 0 Å². The molecule has 0 atom stereocenters. The lowest BCUT2D eigenvalue weighted by Gasteiger charge is -2.22. The Morgan fingerprint density at radius 3 is 1.74 bits per heavy atom. The van der Waals surface area contributed by atoms with Crippen molar-refractivity contribution >= 4 is 12.2 Å². The largest absolute Gasteiger partial charge is 0.355 e. The first-order chi connectivity index (χ1) is 18.7. The Hall–Kier alpha value is -4.97. The van der Waals surface area contributed by atoms with Crippen molar-refractivity contribution in [2.24, 2.45) is 9.98 Å². The molecule has 0 unspecified atom stereocenters. The fourth-order valence-corrected chi connectivity index (χ4v) is 4.23. The van der Waals surface area contributed by atoms with E-state index in [2.05, 4.69) is 39.2 Å². The molecule has 0 N–H and O–H groups in total. The number of aromatic nitrogens is 3. The number of rotatable bonds is 7. The van der Waals surface area contributed by atoms with Gasteiger partial charge in [-0.15, -0.1) is 0 Å². The fraction of sp³-hybridized carbons (Fsp3) is 0.0938. The Balaban J connectivity index is 1.58. The Morgan fingerprint density at radius 2 is 1.16 bits per heavy atom. The molecule has 38 heavy (non-hydrogen) atoms. The molecule has 0 aliphatic carbocycles. The first-order valence-electron chi connectivity index (χ1n) is 12.4. The number of amidine groups is 1. The summed E-state index contributed by atoms with van der Waals surface area (Å²) in [5, 5.41) is 0. The van der Waals surface area contributed by atoms with E-state index >= 15 is 0 Å². The number of aliphatic imine (C=N–C) groups is 2. The summed E-state index contributed by atoms with van der Waals surface area (Å²) in [6.07, 6.45) is 1.58. The average molecular weight is 497 g/mol. The quantitative estimate of drug-likeness (QED) is 0.193. The maximum atomic E-state index is 4.93. The van der Waals surface area contributed by atoms with Crippen LogP contribution in [-0.4, -0.2) is 46.1 Å². The van der Waals surface area contributed by atoms with Crippen molar-refractivity contribution in [1.82, 2.24) is 19.9 Å². The van der Waals surface area contributed by atoms with Gasteiger partial charge in [-0.3, -0.25) is 4.99 Å². The number of hydrogen-bond donors (Lipinski definition) is 0. The molecule has 0 saturated heterocycles. The van der Waals surface area contributed by atoms with Gasteiger partial charge in [-0.1, -0.05) is 115 Å². The molecule has 0 radical (unpaired) electrons. The van der Waals surface area contributed by atoms with Gasteiger partial charge in [0.25, 0.3) is 0 Å². The monoisotopic (exact) mass is 496 g/mol. The van der Waals surface area contributed by atoms with Crippen LogP contribution in [0, 0.1) is 0 Å². The Kier molecular flexibility index (Phi) is 7.70. The molecule has 0 aliphatic rings. The molecule has 186 valence electrons. The van der Waals surface area contributed by atoms with Gasteiger partial charge in [0.15, 0.2) is 17.5 Å². The standard InChI is InChI=1S/C32H28N6/c1-33-23-34-32(26-18-10-5-11-19-26)38(2)22-27-20-12-13-21-28(27)31-36-29(24-14-6-3-7-15-24)35-30(37-31)25-16-8-4-9-17-25/h3-21,23H,22H2,1-2H3. The van der Waals surface area contributed by atoms with Crippen LogP contribution in [0.5, 0.6) is 0 Å². The summed E-state index contributed by atoms with van der Waals surface area (Å²) >= 11 is 0. The molecule has 0 saturated carbocycles. The van der Waals surface area contributed by atoms with Gasteiger partial charge >= 0.3 is 0 Å². The summed E-state index contributed by atoms with van der Waals surface area (Å²) in [5.74, 6) is 2.75. The molecule has 5 rings (SSSR count). The van der Waals surface area contributed by atoms with Gasteiger partial charge in [0, 0.05) is 42.9 Å². The zero-order valence-electron chi connectivity index (χ0n) is 21.4. The van der Waals surface area contributed by atoms with E-state index in [1.54, 1.807) is 13.4 Å². The van der Waals surface area contributed by atoms with Crippen LogP contribution in [0.15, 0.2) is 125 Å². The van der Waals surface area contributed by atoms with Crippen molar-refractivity contribution in [3.8, 4) is 34.2 Å². The molecular weight excluding hydrogens is 468 g/mol. The Morgan fingerprint density at radius 1 is 0.658 bits per heavy atom. The highest BCUT2D eigenvalue weighted by Crippen LogP contribution is 2.27. The second-order valence-electron chi connectivity index (χ2n) is 8.74. The fourth-order valence-electron chi connectivity index (χ4n) is 4.23. The Bertz CT molecular complexity index is 1490. The molecule has 6 nitrogen and oxygen atoms in total. The zero-order valence-corrected chi connectivity index (χ0v) is 21.4. The van der Waals surface area contributed by atoms with Crippen molar-refractivity contribution in [2.75, 3.05) is 14.1 Å². The second-order valence-corrected chi connectivity index (χ2v) is 8.74. The van der Waals surface area contributed by atoms with Gasteiger partial charge in [0.05, 0.1) is 0 Å². The molecule has 1 aromatic heterocycles. The van der Waals surface area contributed by atoms with Crippen molar-refractivity contribution < 1.29 is 0 Å². The lowest BCUT2D eigenvalue weighted by molar-refractivity contribution is 0.503. The minimum absolute atomic E-state index is 0.606. The zero-order chi connectivity index (χ0) is 26.2. The van der Waals surface area contributed by atoms with Crippen molar-refractivity contribution in [3.63, 3.8) is 0 Å². The third kappa shape index (κ3) is 5.71. The van der Waals surface area contributed by atoms with E-state index in [1.807, 2.05) is 98.0 Å². The maximum absolute atomic E-state index is 4.93. The molecule has 0 fully saturated rings. The minimum Gasteiger partial charge on any atom is -0.355 e. The smallest absolute Gasteiger partial charge is 0.164 e. The van der Waals surface area contributed by atoms with Gasteiger partial charge in [-0.25, -0.2) is 19.9 Å². The molecule has 6 heteroatoms. The third-order valence-corrected chi connectivity index (χ3v) is 6.05. The summed E-state index contributed by atoms with van der Waals surface area (Å²) < 4.78 is 0. The molecular formula is C32H28N6. The first-order valence-corrected chi connectivity index (χ1v) is 12.4.